The van der Waals surface area contributed by atoms with Crippen molar-refractivity contribution in [3.8, 4) is 0 Å². The second-order valence-electron chi connectivity index (χ2n) is 3.15. The largest absolute Gasteiger partial charge is 0.416 e. The molecule has 0 aliphatic carbocycles. The minimum absolute atomic E-state index is 0.0522. The third kappa shape index (κ3) is 1.42. The van der Waals surface area contributed by atoms with Gasteiger partial charge in [0.1, 0.15) is 6.17 Å². The number of hydrogen-bond acceptors (Lipinski definition) is 1. The molecule has 0 saturated carbocycles. The van der Waals surface area contributed by atoms with Crippen LogP contribution >= 0.6 is 0 Å². The van der Waals surface area contributed by atoms with Crippen molar-refractivity contribution in [1.82, 2.24) is 0 Å². The summed E-state index contributed by atoms with van der Waals surface area (Å²) in [6.07, 6.45) is -5.57. The smallest absolute Gasteiger partial charge is 0.381 e. The molecule has 0 radical (unpaired) electrons. The normalized spacial score (nSPS) is 20.4. The number of nitrogens with one attached hydrogen (secondary N) is 1. The van der Waals surface area contributed by atoms with Crippen molar-refractivity contribution in [3.05, 3.63) is 29.3 Å². The Bertz CT molecular complexity index is 358. The maximum absolute atomic E-state index is 13.0. The van der Waals surface area contributed by atoms with E-state index in [-0.39, 0.29) is 12.2 Å². The van der Waals surface area contributed by atoms with Crippen LogP contribution in [-0.4, -0.2) is 6.54 Å². The van der Waals surface area contributed by atoms with E-state index in [2.05, 4.69) is 5.32 Å². The van der Waals surface area contributed by atoms with Crippen molar-refractivity contribution >= 4 is 5.69 Å². The van der Waals surface area contributed by atoms with Gasteiger partial charge < -0.3 is 5.32 Å². The quantitative estimate of drug-likeness (QED) is 0.641. The fraction of sp³-hybridized carbons (Fsp3) is 0.333. The van der Waals surface area contributed by atoms with Gasteiger partial charge in [-0.05, 0) is 12.1 Å². The molecule has 2 rings (SSSR count). The zero-order chi connectivity index (χ0) is 10.3. The van der Waals surface area contributed by atoms with E-state index >= 15 is 0 Å². The molecule has 1 aromatic carbocycles. The summed E-state index contributed by atoms with van der Waals surface area (Å²) in [7, 11) is 0. The third-order valence-corrected chi connectivity index (χ3v) is 2.19. The summed E-state index contributed by atoms with van der Waals surface area (Å²) in [6.45, 7) is 0.0522. The topological polar surface area (TPSA) is 12.0 Å². The standard InChI is InChI=1S/C9H7F4N/c10-7-4-14-8-3-5(9(11,12)13)1-2-6(7)8/h1-3,7,14H,4H2. The number of anilines is 1. The average Bonchev–Trinajstić information content (AvgIpc) is 2.46. The molecule has 0 aromatic heterocycles. The second kappa shape index (κ2) is 2.87. The highest BCUT2D eigenvalue weighted by Gasteiger charge is 2.32. The summed E-state index contributed by atoms with van der Waals surface area (Å²) in [5, 5.41) is 2.59. The van der Waals surface area contributed by atoms with Crippen LogP contribution < -0.4 is 5.32 Å². The number of benzene rings is 1. The minimum atomic E-state index is -4.37. The van der Waals surface area contributed by atoms with E-state index in [9.17, 15) is 17.6 Å². The van der Waals surface area contributed by atoms with Gasteiger partial charge in [0.15, 0.2) is 0 Å². The lowest BCUT2D eigenvalue weighted by Crippen LogP contribution is -2.05. The molecule has 1 unspecified atom stereocenters. The Hall–Kier alpha value is -1.26. The monoisotopic (exact) mass is 205 g/mol. The van der Waals surface area contributed by atoms with E-state index in [1.807, 2.05) is 0 Å². The first kappa shape index (κ1) is 9.30. The molecule has 0 spiro atoms. The molecule has 76 valence electrons. The Kier molecular flexibility index (Phi) is 1.90. The lowest BCUT2D eigenvalue weighted by Gasteiger charge is -2.08. The van der Waals surface area contributed by atoms with Gasteiger partial charge in [-0.2, -0.15) is 13.2 Å². The number of alkyl halides is 4. The van der Waals surface area contributed by atoms with Crippen molar-refractivity contribution < 1.29 is 17.6 Å². The third-order valence-electron chi connectivity index (χ3n) is 2.19. The van der Waals surface area contributed by atoms with Crippen LogP contribution in [0.25, 0.3) is 0 Å². The van der Waals surface area contributed by atoms with Crippen LogP contribution in [-0.2, 0) is 6.18 Å². The van der Waals surface area contributed by atoms with Crippen molar-refractivity contribution in [2.75, 3.05) is 11.9 Å². The van der Waals surface area contributed by atoms with Crippen LogP contribution in [0.3, 0.4) is 0 Å². The molecule has 0 fully saturated rings. The van der Waals surface area contributed by atoms with E-state index in [1.54, 1.807) is 0 Å². The van der Waals surface area contributed by atoms with Crippen LogP contribution in [0, 0.1) is 0 Å². The summed E-state index contributed by atoms with van der Waals surface area (Å²) in [6, 6.07) is 3.02. The minimum Gasteiger partial charge on any atom is -0.381 e. The summed E-state index contributed by atoms with van der Waals surface area (Å²) in [5.41, 5.74) is -0.205. The Labute approximate surface area is 77.7 Å². The van der Waals surface area contributed by atoms with E-state index in [0.29, 0.717) is 5.56 Å². The lowest BCUT2D eigenvalue weighted by molar-refractivity contribution is -0.137. The molecule has 1 atom stereocenters. The van der Waals surface area contributed by atoms with Gasteiger partial charge in [0.2, 0.25) is 0 Å². The molecule has 1 N–H and O–H groups in total. The Morgan fingerprint density at radius 3 is 2.64 bits per heavy atom. The second-order valence-corrected chi connectivity index (χ2v) is 3.15. The lowest BCUT2D eigenvalue weighted by atomic mass is 10.1. The summed E-state index contributed by atoms with van der Waals surface area (Å²) in [4.78, 5) is 0. The van der Waals surface area contributed by atoms with Crippen molar-refractivity contribution in [3.63, 3.8) is 0 Å². The number of rotatable bonds is 0. The van der Waals surface area contributed by atoms with E-state index in [1.165, 1.54) is 6.07 Å². The molecule has 1 aromatic rings. The highest BCUT2D eigenvalue weighted by Crippen LogP contribution is 2.37. The summed E-state index contributed by atoms with van der Waals surface area (Å²) in [5.74, 6) is 0. The maximum Gasteiger partial charge on any atom is 0.416 e. The molecule has 0 amide bonds. The van der Waals surface area contributed by atoms with E-state index < -0.39 is 17.9 Å². The summed E-state index contributed by atoms with van der Waals surface area (Å²) >= 11 is 0. The molecule has 1 aliphatic heterocycles. The van der Waals surface area contributed by atoms with Gasteiger partial charge >= 0.3 is 6.18 Å². The molecular formula is C9H7F4N. The molecule has 5 heteroatoms. The fourth-order valence-electron chi connectivity index (χ4n) is 1.47. The van der Waals surface area contributed by atoms with Crippen LogP contribution in [0.4, 0.5) is 23.2 Å². The van der Waals surface area contributed by atoms with Crippen LogP contribution in [0.1, 0.15) is 17.3 Å². The predicted molar refractivity (Wildman–Crippen MR) is 43.8 cm³/mol. The van der Waals surface area contributed by atoms with Crippen molar-refractivity contribution in [1.29, 1.82) is 0 Å². The Morgan fingerprint density at radius 1 is 1.29 bits per heavy atom. The SMILES string of the molecule is FC1CNc2cc(C(F)(F)F)ccc21. The van der Waals surface area contributed by atoms with Gasteiger partial charge in [0, 0.05) is 11.3 Å². The maximum atomic E-state index is 13.0. The molecular weight excluding hydrogens is 198 g/mol. The van der Waals surface area contributed by atoms with E-state index in [4.69, 9.17) is 0 Å². The molecule has 14 heavy (non-hydrogen) atoms. The van der Waals surface area contributed by atoms with Gasteiger partial charge in [-0.15, -0.1) is 0 Å². The highest BCUT2D eigenvalue weighted by molar-refractivity contribution is 5.58. The number of hydrogen-bond donors (Lipinski definition) is 1. The Morgan fingerprint density at radius 2 is 2.00 bits per heavy atom. The van der Waals surface area contributed by atoms with E-state index in [0.717, 1.165) is 12.1 Å². The molecule has 0 saturated heterocycles. The molecule has 1 aliphatic rings. The van der Waals surface area contributed by atoms with Gasteiger partial charge in [-0.25, -0.2) is 4.39 Å². The first-order chi connectivity index (χ1) is 6.48. The van der Waals surface area contributed by atoms with Crippen LogP contribution in [0.2, 0.25) is 0 Å². The van der Waals surface area contributed by atoms with Gasteiger partial charge in [0.05, 0.1) is 12.1 Å². The number of halogens is 4. The average molecular weight is 205 g/mol. The first-order valence-corrected chi connectivity index (χ1v) is 4.07. The molecule has 0 bridgehead atoms. The van der Waals surface area contributed by atoms with Gasteiger partial charge in [0.25, 0.3) is 0 Å². The molecule has 1 nitrogen and oxygen atoms in total. The fourth-order valence-corrected chi connectivity index (χ4v) is 1.47. The van der Waals surface area contributed by atoms with Crippen LogP contribution in [0.5, 0.6) is 0 Å². The van der Waals surface area contributed by atoms with Gasteiger partial charge in [-0.1, -0.05) is 6.07 Å². The zero-order valence-electron chi connectivity index (χ0n) is 7.03. The number of fused-ring (bicyclic) bond motifs is 1. The Balaban J connectivity index is 2.42. The molecule has 1 heterocycles. The summed E-state index contributed by atoms with van der Waals surface area (Å²) < 4.78 is 49.7. The highest BCUT2D eigenvalue weighted by atomic mass is 19.4. The predicted octanol–water partition coefficient (Wildman–Crippen LogP) is 3.14. The van der Waals surface area contributed by atoms with Crippen LogP contribution in [0.15, 0.2) is 18.2 Å². The first-order valence-electron chi connectivity index (χ1n) is 4.07. The van der Waals surface area contributed by atoms with Crippen molar-refractivity contribution in [2.24, 2.45) is 0 Å². The zero-order valence-corrected chi connectivity index (χ0v) is 7.03. The van der Waals surface area contributed by atoms with Crippen molar-refractivity contribution in [2.45, 2.75) is 12.3 Å². The van der Waals surface area contributed by atoms with Gasteiger partial charge in [-0.3, -0.25) is 0 Å².